The summed E-state index contributed by atoms with van der Waals surface area (Å²) in [5, 5.41) is 2.22. The fourth-order valence-corrected chi connectivity index (χ4v) is 2.93. The van der Waals surface area contributed by atoms with Crippen molar-refractivity contribution in [1.82, 2.24) is 4.98 Å². The Bertz CT molecular complexity index is 731. The van der Waals surface area contributed by atoms with Gasteiger partial charge in [0.15, 0.2) is 5.13 Å². The molecule has 134 valence electrons. The maximum atomic E-state index is 12.1. The molecular formula is C17H20N2O5S. The number of methoxy groups -OCH3 is 1. The molecule has 0 unspecified atom stereocenters. The van der Waals surface area contributed by atoms with Gasteiger partial charge in [0.25, 0.3) is 0 Å². The van der Waals surface area contributed by atoms with Gasteiger partial charge in [0.05, 0.1) is 18.5 Å². The smallest absolute Gasteiger partial charge is 0.332 e. The van der Waals surface area contributed by atoms with Crippen LogP contribution in [0, 0.1) is 0 Å². The predicted octanol–water partition coefficient (Wildman–Crippen LogP) is 2.92. The molecule has 0 N–H and O–H groups in total. The van der Waals surface area contributed by atoms with E-state index in [0.29, 0.717) is 28.9 Å². The summed E-state index contributed by atoms with van der Waals surface area (Å²) < 4.78 is 15.4. The van der Waals surface area contributed by atoms with Crippen molar-refractivity contribution >= 4 is 34.0 Å². The van der Waals surface area contributed by atoms with Gasteiger partial charge in [-0.15, -0.1) is 11.3 Å². The summed E-state index contributed by atoms with van der Waals surface area (Å²) in [7, 11) is 1.54. The van der Waals surface area contributed by atoms with Crippen LogP contribution in [0.1, 0.15) is 19.5 Å². The molecule has 8 heteroatoms. The first kappa shape index (κ1) is 18.9. The first-order chi connectivity index (χ1) is 12.1. The standard InChI is InChI=1S/C17H20N2O5S/c1-4-23-10-16(21)24-9-13-11-25-17(18-13)19(12(2)20)14-7-5-6-8-15(14)22-3/h5-8,11H,4,9-10H2,1-3H3. The van der Waals surface area contributed by atoms with Crippen LogP contribution in [0.2, 0.25) is 0 Å². The average Bonchev–Trinajstić information content (AvgIpc) is 3.07. The van der Waals surface area contributed by atoms with Crippen LogP contribution in [-0.4, -0.2) is 37.2 Å². The maximum absolute atomic E-state index is 12.1. The second kappa shape index (κ2) is 9.14. The second-order valence-electron chi connectivity index (χ2n) is 4.95. The van der Waals surface area contributed by atoms with E-state index in [1.54, 1.807) is 31.5 Å². The zero-order chi connectivity index (χ0) is 18.2. The molecule has 0 bridgehead atoms. The molecule has 0 saturated carbocycles. The molecule has 1 aromatic heterocycles. The van der Waals surface area contributed by atoms with E-state index >= 15 is 0 Å². The van der Waals surface area contributed by atoms with Crippen LogP contribution < -0.4 is 9.64 Å². The van der Waals surface area contributed by atoms with Crippen molar-refractivity contribution in [3.8, 4) is 5.75 Å². The normalized spacial score (nSPS) is 10.4. The molecule has 0 saturated heterocycles. The Labute approximate surface area is 150 Å². The van der Waals surface area contributed by atoms with Crippen molar-refractivity contribution in [2.24, 2.45) is 0 Å². The molecule has 0 aliphatic rings. The van der Waals surface area contributed by atoms with Crippen LogP contribution in [0.25, 0.3) is 0 Å². The summed E-state index contributed by atoms with van der Waals surface area (Å²) in [5.41, 5.74) is 1.16. The molecule has 0 fully saturated rings. The molecule has 2 aromatic rings. The van der Waals surface area contributed by atoms with Gasteiger partial charge in [-0.3, -0.25) is 9.69 Å². The van der Waals surface area contributed by atoms with E-state index < -0.39 is 5.97 Å². The number of hydrogen-bond donors (Lipinski definition) is 0. The lowest BCUT2D eigenvalue weighted by molar-refractivity contribution is -0.150. The molecule has 1 aromatic carbocycles. The molecule has 0 spiro atoms. The van der Waals surface area contributed by atoms with Gasteiger partial charge < -0.3 is 14.2 Å². The van der Waals surface area contributed by atoms with Gasteiger partial charge >= 0.3 is 5.97 Å². The minimum atomic E-state index is -0.454. The summed E-state index contributed by atoms with van der Waals surface area (Å²) in [4.78, 5) is 29.5. The van der Waals surface area contributed by atoms with Crippen LogP contribution >= 0.6 is 11.3 Å². The van der Waals surface area contributed by atoms with E-state index in [2.05, 4.69) is 4.98 Å². The number of amides is 1. The number of thiazole rings is 1. The molecule has 0 atom stereocenters. The first-order valence-electron chi connectivity index (χ1n) is 7.68. The molecule has 2 rings (SSSR count). The minimum absolute atomic E-state index is 0.0279. The zero-order valence-electron chi connectivity index (χ0n) is 14.4. The van der Waals surface area contributed by atoms with E-state index in [-0.39, 0.29) is 19.1 Å². The third-order valence-corrected chi connectivity index (χ3v) is 4.05. The molecule has 25 heavy (non-hydrogen) atoms. The fourth-order valence-electron chi connectivity index (χ4n) is 2.07. The second-order valence-corrected chi connectivity index (χ2v) is 5.78. The third kappa shape index (κ3) is 5.01. The van der Waals surface area contributed by atoms with Gasteiger partial charge in [0, 0.05) is 18.9 Å². The molecule has 0 radical (unpaired) electrons. The van der Waals surface area contributed by atoms with Crippen molar-refractivity contribution in [2.45, 2.75) is 20.5 Å². The van der Waals surface area contributed by atoms with Gasteiger partial charge in [0.2, 0.25) is 5.91 Å². The number of nitrogens with zero attached hydrogens (tertiary/aromatic N) is 2. The highest BCUT2D eigenvalue weighted by atomic mass is 32.1. The Balaban J connectivity index is 2.14. The summed E-state index contributed by atoms with van der Waals surface area (Å²) in [6, 6.07) is 7.20. The zero-order valence-corrected chi connectivity index (χ0v) is 15.2. The van der Waals surface area contributed by atoms with E-state index in [1.807, 2.05) is 12.1 Å². The molecule has 7 nitrogen and oxygen atoms in total. The SMILES string of the molecule is CCOCC(=O)OCc1csc(N(C(C)=O)c2ccccc2OC)n1. The molecule has 1 heterocycles. The van der Waals surface area contributed by atoms with Gasteiger partial charge in [-0.25, -0.2) is 9.78 Å². The van der Waals surface area contributed by atoms with Gasteiger partial charge in [-0.05, 0) is 19.1 Å². The van der Waals surface area contributed by atoms with Gasteiger partial charge in [0.1, 0.15) is 19.0 Å². The van der Waals surface area contributed by atoms with Gasteiger partial charge in [-0.1, -0.05) is 12.1 Å². The highest BCUT2D eigenvalue weighted by Crippen LogP contribution is 2.35. The number of para-hydroxylation sites is 2. The number of anilines is 2. The van der Waals surface area contributed by atoms with Crippen LogP contribution in [0.3, 0.4) is 0 Å². The van der Waals surface area contributed by atoms with Crippen molar-refractivity contribution in [3.05, 3.63) is 35.3 Å². The minimum Gasteiger partial charge on any atom is -0.495 e. The lowest BCUT2D eigenvalue weighted by atomic mass is 10.2. The fraction of sp³-hybridized carbons (Fsp3) is 0.353. The Morgan fingerprint density at radius 1 is 1.28 bits per heavy atom. The first-order valence-corrected chi connectivity index (χ1v) is 8.56. The van der Waals surface area contributed by atoms with E-state index in [1.165, 1.54) is 23.2 Å². The monoisotopic (exact) mass is 364 g/mol. The highest BCUT2D eigenvalue weighted by Gasteiger charge is 2.21. The number of hydrogen-bond acceptors (Lipinski definition) is 7. The summed E-state index contributed by atoms with van der Waals surface area (Å²) in [6.45, 7) is 3.64. The topological polar surface area (TPSA) is 78.0 Å². The van der Waals surface area contributed by atoms with Crippen molar-refractivity contribution < 1.29 is 23.8 Å². The average molecular weight is 364 g/mol. The molecule has 0 aliphatic carbocycles. The highest BCUT2D eigenvalue weighted by molar-refractivity contribution is 7.14. The quantitative estimate of drug-likeness (QED) is 0.670. The van der Waals surface area contributed by atoms with Crippen LogP contribution in [-0.2, 0) is 25.7 Å². The van der Waals surface area contributed by atoms with Crippen molar-refractivity contribution in [2.75, 3.05) is 25.2 Å². The Kier molecular flexibility index (Phi) is 6.91. The van der Waals surface area contributed by atoms with Crippen LogP contribution in [0.15, 0.2) is 29.6 Å². The lowest BCUT2D eigenvalue weighted by Crippen LogP contribution is -2.23. The molecule has 1 amide bonds. The number of ether oxygens (including phenoxy) is 3. The molecule has 0 aliphatic heterocycles. The number of benzene rings is 1. The van der Waals surface area contributed by atoms with Crippen molar-refractivity contribution in [1.29, 1.82) is 0 Å². The predicted molar refractivity (Wildman–Crippen MR) is 94.2 cm³/mol. The van der Waals surface area contributed by atoms with Crippen molar-refractivity contribution in [3.63, 3.8) is 0 Å². The number of aromatic nitrogens is 1. The maximum Gasteiger partial charge on any atom is 0.332 e. The number of esters is 1. The third-order valence-electron chi connectivity index (χ3n) is 3.18. The summed E-state index contributed by atoms with van der Waals surface area (Å²) in [6.07, 6.45) is 0. The van der Waals surface area contributed by atoms with E-state index in [9.17, 15) is 9.59 Å². The number of rotatable bonds is 8. The summed E-state index contributed by atoms with van der Waals surface area (Å²) >= 11 is 1.29. The Hall–Kier alpha value is -2.45. The number of carbonyl (C=O) groups excluding carboxylic acids is 2. The van der Waals surface area contributed by atoms with Gasteiger partial charge in [-0.2, -0.15) is 0 Å². The van der Waals surface area contributed by atoms with Crippen LogP contribution in [0.5, 0.6) is 5.75 Å². The molecular weight excluding hydrogens is 344 g/mol. The Morgan fingerprint density at radius 2 is 2.04 bits per heavy atom. The summed E-state index contributed by atoms with van der Waals surface area (Å²) in [5.74, 6) is -0.0825. The van der Waals surface area contributed by atoms with Crippen LogP contribution in [0.4, 0.5) is 10.8 Å². The van der Waals surface area contributed by atoms with E-state index in [0.717, 1.165) is 0 Å². The van der Waals surface area contributed by atoms with E-state index in [4.69, 9.17) is 14.2 Å². The Morgan fingerprint density at radius 3 is 2.72 bits per heavy atom. The number of carbonyl (C=O) groups is 2. The largest absolute Gasteiger partial charge is 0.495 e. The lowest BCUT2D eigenvalue weighted by Gasteiger charge is -2.20.